The number of nitrogens with one attached hydrogen (secondary N) is 1. The third kappa shape index (κ3) is 4.38. The van der Waals surface area contributed by atoms with Gasteiger partial charge >= 0.3 is 0 Å². The summed E-state index contributed by atoms with van der Waals surface area (Å²) in [5, 5.41) is 4.85. The van der Waals surface area contributed by atoms with E-state index in [2.05, 4.69) is 17.2 Å². The van der Waals surface area contributed by atoms with Crippen LogP contribution >= 0.6 is 11.6 Å². The van der Waals surface area contributed by atoms with Gasteiger partial charge in [-0.15, -0.1) is 0 Å². The number of rotatable bonds is 7. The topological polar surface area (TPSA) is 103 Å². The minimum Gasteiger partial charge on any atom is -0.461 e. The molecule has 2 heterocycles. The molecule has 0 saturated carbocycles. The fraction of sp³-hybridized carbons (Fsp3) is 0.208. The van der Waals surface area contributed by atoms with Gasteiger partial charge in [0.2, 0.25) is 11.9 Å². The number of nitrogens with zero attached hydrogens (tertiary/aromatic N) is 2. The van der Waals surface area contributed by atoms with Gasteiger partial charge in [-0.3, -0.25) is 14.2 Å². The van der Waals surface area contributed by atoms with Crippen LogP contribution in [0, 0.1) is 6.92 Å². The Hall–Kier alpha value is -3.58. The lowest BCUT2D eigenvalue weighted by Gasteiger charge is -2.15. The monoisotopic (exact) mass is 450 g/mol. The lowest BCUT2D eigenvalue weighted by molar-refractivity contribution is -0.117. The van der Waals surface area contributed by atoms with Crippen molar-refractivity contribution in [2.45, 2.75) is 33.2 Å². The molecule has 1 amide bonds. The first-order valence-corrected chi connectivity index (χ1v) is 10.6. The number of benzene rings is 2. The number of hydrogen-bond donors (Lipinski definition) is 2. The van der Waals surface area contributed by atoms with Gasteiger partial charge in [0.15, 0.2) is 0 Å². The summed E-state index contributed by atoms with van der Waals surface area (Å²) in [7, 11) is 0. The maximum Gasteiger partial charge on any atom is 0.258 e. The van der Waals surface area contributed by atoms with Crippen LogP contribution in [0.4, 0.5) is 11.6 Å². The highest BCUT2D eigenvalue weighted by atomic mass is 35.5. The Bertz CT molecular complexity index is 1360. The Kier molecular flexibility index (Phi) is 6.01. The summed E-state index contributed by atoms with van der Waals surface area (Å²) in [5.41, 5.74) is 8.75. The second-order valence-corrected chi connectivity index (χ2v) is 8.04. The van der Waals surface area contributed by atoms with Crippen molar-refractivity contribution in [1.29, 1.82) is 0 Å². The van der Waals surface area contributed by atoms with Crippen LogP contribution in [-0.2, 0) is 24.2 Å². The molecule has 0 aliphatic heterocycles. The Morgan fingerprint density at radius 3 is 2.66 bits per heavy atom. The quantitative estimate of drug-likeness (QED) is 0.436. The molecule has 32 heavy (non-hydrogen) atoms. The normalized spacial score (nSPS) is 11.1. The molecule has 2 aromatic heterocycles. The van der Waals surface area contributed by atoms with Gasteiger partial charge < -0.3 is 15.5 Å². The molecule has 4 rings (SSSR count). The number of aryl methyl sites for hydroxylation is 2. The van der Waals surface area contributed by atoms with Gasteiger partial charge in [0.05, 0.1) is 13.0 Å². The van der Waals surface area contributed by atoms with Crippen molar-refractivity contribution in [3.63, 3.8) is 0 Å². The van der Waals surface area contributed by atoms with Gasteiger partial charge in [-0.05, 0) is 48.4 Å². The molecule has 0 spiro atoms. The molecule has 0 radical (unpaired) electrons. The second-order valence-electron chi connectivity index (χ2n) is 7.61. The van der Waals surface area contributed by atoms with Crippen molar-refractivity contribution in [2.24, 2.45) is 5.73 Å². The molecule has 8 heteroatoms. The standard InChI is InChI=1S/C24H23ClN4O3/c1-3-20-14(2)19-11-18(8-9-21(19)32-20)28-24-27-12-16(10-22(26)30)23(31)29(24)13-15-4-6-17(25)7-5-15/h4-9,11-12H,3,10,13H2,1-2H3,(H2,26,30)(H,27,28). The maximum absolute atomic E-state index is 13.1. The largest absolute Gasteiger partial charge is 0.461 e. The molecular weight excluding hydrogens is 428 g/mol. The van der Waals surface area contributed by atoms with Crippen molar-refractivity contribution in [1.82, 2.24) is 9.55 Å². The molecule has 7 nitrogen and oxygen atoms in total. The molecule has 0 atom stereocenters. The molecule has 0 bridgehead atoms. The zero-order valence-corrected chi connectivity index (χ0v) is 18.6. The number of aromatic nitrogens is 2. The van der Waals surface area contributed by atoms with E-state index in [1.54, 1.807) is 12.1 Å². The van der Waals surface area contributed by atoms with Crippen molar-refractivity contribution < 1.29 is 9.21 Å². The first-order chi connectivity index (χ1) is 15.4. The summed E-state index contributed by atoms with van der Waals surface area (Å²) in [5.74, 6) is 0.718. The van der Waals surface area contributed by atoms with Gasteiger partial charge in [-0.25, -0.2) is 4.98 Å². The highest BCUT2D eigenvalue weighted by Crippen LogP contribution is 2.29. The van der Waals surface area contributed by atoms with Crippen molar-refractivity contribution >= 4 is 40.1 Å². The van der Waals surface area contributed by atoms with Crippen LogP contribution < -0.4 is 16.6 Å². The molecule has 0 saturated heterocycles. The highest BCUT2D eigenvalue weighted by molar-refractivity contribution is 6.30. The molecule has 0 fully saturated rings. The third-order valence-corrected chi connectivity index (χ3v) is 5.60. The van der Waals surface area contributed by atoms with E-state index in [-0.39, 0.29) is 24.1 Å². The fourth-order valence-corrected chi connectivity index (χ4v) is 3.80. The van der Waals surface area contributed by atoms with E-state index in [1.165, 1.54) is 10.8 Å². The molecule has 0 aliphatic rings. The van der Waals surface area contributed by atoms with Gasteiger partial charge in [-0.2, -0.15) is 0 Å². The number of fused-ring (bicyclic) bond motifs is 1. The molecule has 0 aliphatic carbocycles. The summed E-state index contributed by atoms with van der Waals surface area (Å²) in [6, 6.07) is 12.9. The predicted molar refractivity (Wildman–Crippen MR) is 126 cm³/mol. The number of furan rings is 1. The SMILES string of the molecule is CCc1oc2ccc(Nc3ncc(CC(N)=O)c(=O)n3Cc3ccc(Cl)cc3)cc2c1C. The number of amides is 1. The zero-order chi connectivity index (χ0) is 22.8. The molecular formula is C24H23ClN4O3. The van der Waals surface area contributed by atoms with Crippen molar-refractivity contribution in [2.75, 3.05) is 5.32 Å². The number of carbonyl (C=O) groups excluding carboxylic acids is 1. The van der Waals surface area contributed by atoms with Gasteiger partial charge in [-0.1, -0.05) is 30.7 Å². The molecule has 2 aromatic carbocycles. The number of hydrogen-bond acceptors (Lipinski definition) is 5. The van der Waals surface area contributed by atoms with E-state index in [0.29, 0.717) is 11.0 Å². The fourth-order valence-electron chi connectivity index (χ4n) is 3.68. The zero-order valence-electron chi connectivity index (χ0n) is 17.8. The summed E-state index contributed by atoms with van der Waals surface area (Å²) >= 11 is 5.99. The first-order valence-electron chi connectivity index (χ1n) is 10.3. The summed E-state index contributed by atoms with van der Waals surface area (Å²) in [6.07, 6.45) is 2.03. The summed E-state index contributed by atoms with van der Waals surface area (Å²) < 4.78 is 7.38. The van der Waals surface area contributed by atoms with E-state index < -0.39 is 5.91 Å². The molecule has 4 aromatic rings. The lowest BCUT2D eigenvalue weighted by Crippen LogP contribution is -2.30. The van der Waals surface area contributed by atoms with Crippen molar-refractivity contribution in [3.05, 3.63) is 86.5 Å². The lowest BCUT2D eigenvalue weighted by atomic mass is 10.1. The highest BCUT2D eigenvalue weighted by Gasteiger charge is 2.15. The number of anilines is 2. The second kappa shape index (κ2) is 8.88. The number of nitrogens with two attached hydrogens (primary N) is 1. The van der Waals surface area contributed by atoms with Gasteiger partial charge in [0, 0.05) is 34.3 Å². The minimum atomic E-state index is -0.588. The smallest absolute Gasteiger partial charge is 0.258 e. The molecule has 164 valence electrons. The minimum absolute atomic E-state index is 0.174. The number of carbonyl (C=O) groups is 1. The molecule has 0 unspecified atom stereocenters. The van der Waals surface area contributed by atoms with Crippen LogP contribution in [0.2, 0.25) is 5.02 Å². The van der Waals surface area contributed by atoms with E-state index in [4.69, 9.17) is 21.8 Å². The Morgan fingerprint density at radius 1 is 1.22 bits per heavy atom. The first kappa shape index (κ1) is 21.6. The van der Waals surface area contributed by atoms with E-state index in [9.17, 15) is 9.59 Å². The van der Waals surface area contributed by atoms with E-state index >= 15 is 0 Å². The van der Waals surface area contributed by atoms with Crippen LogP contribution in [0.25, 0.3) is 11.0 Å². The summed E-state index contributed by atoms with van der Waals surface area (Å²) in [4.78, 5) is 28.9. The van der Waals surface area contributed by atoms with Crippen LogP contribution in [0.15, 0.2) is 57.9 Å². The Morgan fingerprint density at radius 2 is 1.97 bits per heavy atom. The Balaban J connectivity index is 1.75. The van der Waals surface area contributed by atoms with E-state index in [0.717, 1.165) is 40.0 Å². The summed E-state index contributed by atoms with van der Waals surface area (Å²) in [6.45, 7) is 4.34. The number of halogens is 1. The number of primary amides is 1. The van der Waals surface area contributed by atoms with Crippen LogP contribution in [-0.4, -0.2) is 15.5 Å². The van der Waals surface area contributed by atoms with Crippen LogP contribution in [0.3, 0.4) is 0 Å². The van der Waals surface area contributed by atoms with Gasteiger partial charge in [0.25, 0.3) is 5.56 Å². The average Bonchev–Trinajstić information content (AvgIpc) is 3.09. The van der Waals surface area contributed by atoms with Crippen molar-refractivity contribution in [3.8, 4) is 0 Å². The Labute approximate surface area is 189 Å². The van der Waals surface area contributed by atoms with Crippen LogP contribution in [0.1, 0.15) is 29.4 Å². The maximum atomic E-state index is 13.1. The van der Waals surface area contributed by atoms with E-state index in [1.807, 2.05) is 37.3 Å². The van der Waals surface area contributed by atoms with Crippen LogP contribution in [0.5, 0.6) is 0 Å². The average molecular weight is 451 g/mol. The molecule has 3 N–H and O–H groups in total. The predicted octanol–water partition coefficient (Wildman–Crippen LogP) is 4.33. The van der Waals surface area contributed by atoms with Gasteiger partial charge in [0.1, 0.15) is 11.3 Å². The third-order valence-electron chi connectivity index (χ3n) is 5.35.